The Bertz CT molecular complexity index is 625. The normalized spacial score (nSPS) is 33.2. The molecule has 0 aromatic rings. The molecule has 25 heavy (non-hydrogen) atoms. The lowest BCUT2D eigenvalue weighted by Gasteiger charge is -2.39. The molecule has 3 aliphatic rings. The van der Waals surface area contributed by atoms with Crippen molar-refractivity contribution in [3.63, 3.8) is 0 Å². The number of nitrogens with zero attached hydrogens (tertiary/aromatic N) is 2. The minimum Gasteiger partial charge on any atom is -0.338 e. The summed E-state index contributed by atoms with van der Waals surface area (Å²) in [4.78, 5) is 28.7. The van der Waals surface area contributed by atoms with E-state index in [2.05, 4.69) is 0 Å². The van der Waals surface area contributed by atoms with Gasteiger partial charge >= 0.3 is 0 Å². The van der Waals surface area contributed by atoms with Crippen LogP contribution in [0.3, 0.4) is 0 Å². The van der Waals surface area contributed by atoms with Crippen molar-refractivity contribution in [2.45, 2.75) is 57.2 Å². The number of amides is 2. The third-order valence-corrected chi connectivity index (χ3v) is 7.35. The lowest BCUT2D eigenvalue weighted by atomic mass is 9.94. The van der Waals surface area contributed by atoms with E-state index in [9.17, 15) is 18.0 Å². The van der Waals surface area contributed by atoms with Crippen LogP contribution in [-0.4, -0.2) is 72.8 Å². The average molecular weight is 394 g/mol. The van der Waals surface area contributed by atoms with Crippen LogP contribution in [0, 0.1) is 5.92 Å². The third kappa shape index (κ3) is 4.28. The maximum atomic E-state index is 12.9. The Morgan fingerprint density at radius 2 is 2.00 bits per heavy atom. The van der Waals surface area contributed by atoms with Gasteiger partial charge in [0.15, 0.2) is 9.84 Å². The number of piperidine rings is 1. The van der Waals surface area contributed by atoms with Crippen molar-refractivity contribution in [3.05, 3.63) is 0 Å². The lowest BCUT2D eigenvalue weighted by Crippen LogP contribution is -2.53. The Hall–Kier alpha value is -0.860. The smallest absolute Gasteiger partial charge is 0.228 e. The highest BCUT2D eigenvalue weighted by molar-refractivity contribution is 7.91. The molecule has 0 aromatic carbocycles. The highest BCUT2D eigenvalue weighted by Gasteiger charge is 2.44. The van der Waals surface area contributed by atoms with Crippen molar-refractivity contribution in [2.75, 3.05) is 24.6 Å². The number of halogens is 1. The van der Waals surface area contributed by atoms with Crippen LogP contribution in [-0.2, 0) is 19.4 Å². The Morgan fingerprint density at radius 3 is 2.60 bits per heavy atom. The highest BCUT2D eigenvalue weighted by atomic mass is 35.5. The summed E-state index contributed by atoms with van der Waals surface area (Å²) in [5.41, 5.74) is 6.04. The summed E-state index contributed by atoms with van der Waals surface area (Å²) in [7, 11) is -3.04. The molecule has 2 N–H and O–H groups in total. The van der Waals surface area contributed by atoms with Gasteiger partial charge in [-0.1, -0.05) is 0 Å². The number of rotatable bonds is 3. The van der Waals surface area contributed by atoms with Crippen LogP contribution in [0.1, 0.15) is 39.0 Å². The van der Waals surface area contributed by atoms with Crippen molar-refractivity contribution in [3.8, 4) is 0 Å². The molecule has 9 heteroatoms. The molecule has 3 rings (SSSR count). The SMILES string of the molecule is CC(N)C1CCCCN1C(=O)C1CC(=O)N(C2CCS(=O)(=O)C2)C1.Cl. The second-order valence-corrected chi connectivity index (χ2v) is 9.69. The molecule has 0 aliphatic carbocycles. The highest BCUT2D eigenvalue weighted by Crippen LogP contribution is 2.29. The van der Waals surface area contributed by atoms with Gasteiger partial charge in [-0.2, -0.15) is 0 Å². The van der Waals surface area contributed by atoms with Gasteiger partial charge < -0.3 is 15.5 Å². The van der Waals surface area contributed by atoms with Crippen LogP contribution in [0.15, 0.2) is 0 Å². The van der Waals surface area contributed by atoms with Crippen molar-refractivity contribution < 1.29 is 18.0 Å². The van der Waals surface area contributed by atoms with E-state index >= 15 is 0 Å². The summed E-state index contributed by atoms with van der Waals surface area (Å²) in [5.74, 6) is -0.274. The van der Waals surface area contributed by atoms with Crippen LogP contribution in [0.4, 0.5) is 0 Å². The molecular weight excluding hydrogens is 366 g/mol. The predicted molar refractivity (Wildman–Crippen MR) is 97.1 cm³/mol. The fourth-order valence-corrected chi connectivity index (χ4v) is 6.01. The van der Waals surface area contributed by atoms with Gasteiger partial charge in [0, 0.05) is 37.6 Å². The van der Waals surface area contributed by atoms with Crippen molar-refractivity contribution in [1.82, 2.24) is 9.80 Å². The minimum atomic E-state index is -3.04. The molecule has 3 fully saturated rings. The standard InChI is InChI=1S/C16H27N3O4S.ClH/c1-11(17)14-4-2-3-6-18(14)16(21)12-8-15(20)19(9-12)13-5-7-24(22,23)10-13;/h11-14H,2-10,17H2,1H3;1H. The summed E-state index contributed by atoms with van der Waals surface area (Å²) in [5, 5.41) is 0. The van der Waals surface area contributed by atoms with Gasteiger partial charge in [-0.25, -0.2) is 8.42 Å². The maximum absolute atomic E-state index is 12.9. The Balaban J connectivity index is 0.00000225. The lowest BCUT2D eigenvalue weighted by molar-refractivity contribution is -0.139. The first-order valence-corrected chi connectivity index (χ1v) is 10.7. The molecule has 4 atom stereocenters. The Labute approximate surface area is 155 Å². The predicted octanol–water partition coefficient (Wildman–Crippen LogP) is 0.172. The molecule has 2 amide bonds. The van der Waals surface area contributed by atoms with Crippen LogP contribution in [0.25, 0.3) is 0 Å². The molecule has 144 valence electrons. The molecule has 0 saturated carbocycles. The quantitative estimate of drug-likeness (QED) is 0.736. The van der Waals surface area contributed by atoms with E-state index in [0.717, 1.165) is 19.3 Å². The number of hydrogen-bond acceptors (Lipinski definition) is 5. The maximum Gasteiger partial charge on any atom is 0.228 e. The molecular formula is C16H28ClN3O4S. The zero-order valence-electron chi connectivity index (χ0n) is 14.6. The largest absolute Gasteiger partial charge is 0.338 e. The average Bonchev–Trinajstić information content (AvgIpc) is 3.08. The zero-order valence-corrected chi connectivity index (χ0v) is 16.2. The fourth-order valence-electron chi connectivity index (χ4n) is 4.28. The summed E-state index contributed by atoms with van der Waals surface area (Å²) >= 11 is 0. The van der Waals surface area contributed by atoms with E-state index in [-0.39, 0.29) is 66.2 Å². The third-order valence-electron chi connectivity index (χ3n) is 5.60. The van der Waals surface area contributed by atoms with Crippen LogP contribution in [0.5, 0.6) is 0 Å². The first kappa shape index (κ1) is 20.5. The topological polar surface area (TPSA) is 101 Å². The van der Waals surface area contributed by atoms with Crippen molar-refractivity contribution in [1.29, 1.82) is 0 Å². The van der Waals surface area contributed by atoms with E-state index in [1.54, 1.807) is 4.90 Å². The van der Waals surface area contributed by atoms with E-state index in [1.165, 1.54) is 0 Å². The number of hydrogen-bond donors (Lipinski definition) is 1. The van der Waals surface area contributed by atoms with Crippen molar-refractivity contribution in [2.24, 2.45) is 11.7 Å². The van der Waals surface area contributed by atoms with Crippen LogP contribution >= 0.6 is 12.4 Å². The van der Waals surface area contributed by atoms with Crippen LogP contribution < -0.4 is 5.73 Å². The molecule has 4 unspecified atom stereocenters. The molecule has 3 aliphatic heterocycles. The van der Waals surface area contributed by atoms with Crippen LogP contribution in [0.2, 0.25) is 0 Å². The van der Waals surface area contributed by atoms with E-state index in [0.29, 0.717) is 19.5 Å². The second kappa shape index (κ2) is 7.80. The fraction of sp³-hybridized carbons (Fsp3) is 0.875. The van der Waals surface area contributed by atoms with Gasteiger partial charge in [-0.3, -0.25) is 9.59 Å². The van der Waals surface area contributed by atoms with E-state index in [4.69, 9.17) is 5.73 Å². The van der Waals surface area contributed by atoms with Gasteiger partial charge in [-0.15, -0.1) is 12.4 Å². The molecule has 0 bridgehead atoms. The minimum absolute atomic E-state index is 0. The first-order chi connectivity index (χ1) is 11.3. The number of nitrogens with two attached hydrogens (primary N) is 1. The van der Waals surface area contributed by atoms with Gasteiger partial charge in [-0.05, 0) is 32.6 Å². The molecule has 0 radical (unpaired) electrons. The number of carbonyl (C=O) groups is 2. The second-order valence-electron chi connectivity index (χ2n) is 7.46. The molecule has 7 nitrogen and oxygen atoms in total. The molecule has 0 aromatic heterocycles. The molecule has 3 saturated heterocycles. The summed E-state index contributed by atoms with van der Waals surface area (Å²) in [6, 6.07) is -0.296. The van der Waals surface area contributed by atoms with E-state index in [1.807, 2.05) is 11.8 Å². The van der Waals surface area contributed by atoms with Gasteiger partial charge in [0.05, 0.1) is 17.4 Å². The van der Waals surface area contributed by atoms with Crippen molar-refractivity contribution >= 4 is 34.1 Å². The number of likely N-dealkylation sites (tertiary alicyclic amines) is 2. The zero-order chi connectivity index (χ0) is 17.5. The van der Waals surface area contributed by atoms with Gasteiger partial charge in [0.25, 0.3) is 0 Å². The number of carbonyl (C=O) groups excluding carboxylic acids is 2. The Kier molecular flexibility index (Phi) is 6.38. The summed E-state index contributed by atoms with van der Waals surface area (Å²) in [6.45, 7) is 2.97. The van der Waals surface area contributed by atoms with E-state index < -0.39 is 9.84 Å². The summed E-state index contributed by atoms with van der Waals surface area (Å²) in [6.07, 6.45) is 3.64. The Morgan fingerprint density at radius 1 is 1.28 bits per heavy atom. The number of sulfone groups is 1. The van der Waals surface area contributed by atoms with Gasteiger partial charge in [0.1, 0.15) is 0 Å². The summed E-state index contributed by atoms with van der Waals surface area (Å²) < 4.78 is 23.3. The monoisotopic (exact) mass is 393 g/mol. The molecule has 0 spiro atoms. The van der Waals surface area contributed by atoms with Gasteiger partial charge in [0.2, 0.25) is 11.8 Å². The first-order valence-electron chi connectivity index (χ1n) is 8.84. The molecule has 3 heterocycles.